The molecule has 0 atom stereocenters. The highest BCUT2D eigenvalue weighted by Crippen LogP contribution is 2.15. The van der Waals surface area contributed by atoms with Gasteiger partial charge in [0.1, 0.15) is 12.4 Å². The molecule has 0 spiro atoms. The van der Waals surface area contributed by atoms with Crippen LogP contribution in [0.5, 0.6) is 5.75 Å². The first-order chi connectivity index (χ1) is 12.8. The molecule has 2 aromatic carbocycles. The summed E-state index contributed by atoms with van der Waals surface area (Å²) in [4.78, 5) is 12.0. The number of carbonyl (C=O) groups is 1. The van der Waals surface area contributed by atoms with Gasteiger partial charge in [0.05, 0.1) is 11.4 Å². The van der Waals surface area contributed by atoms with Gasteiger partial charge in [0.15, 0.2) is 0 Å². The first-order valence-corrected chi connectivity index (χ1v) is 10.0. The van der Waals surface area contributed by atoms with Gasteiger partial charge in [0.25, 0.3) is 0 Å². The summed E-state index contributed by atoms with van der Waals surface area (Å²) in [5, 5.41) is 5.39. The number of aryl methyl sites for hydroxylation is 2. The molecule has 0 saturated heterocycles. The largest absolute Gasteiger partial charge is 0.492 e. The highest BCUT2D eigenvalue weighted by Gasteiger charge is 2.11. The van der Waals surface area contributed by atoms with E-state index in [1.165, 1.54) is 19.2 Å². The van der Waals surface area contributed by atoms with E-state index in [1.807, 2.05) is 26.0 Å². The van der Waals surface area contributed by atoms with Gasteiger partial charge in [0.2, 0.25) is 10.0 Å². The van der Waals surface area contributed by atoms with Gasteiger partial charge in [-0.3, -0.25) is 0 Å². The first kappa shape index (κ1) is 20.7. The minimum Gasteiger partial charge on any atom is -0.492 e. The van der Waals surface area contributed by atoms with E-state index >= 15 is 0 Å². The highest BCUT2D eigenvalue weighted by molar-refractivity contribution is 7.89. The molecule has 7 nitrogen and oxygen atoms in total. The Morgan fingerprint density at radius 1 is 1.04 bits per heavy atom. The van der Waals surface area contributed by atoms with Crippen LogP contribution in [0.1, 0.15) is 16.7 Å². The predicted octanol–water partition coefficient (Wildman–Crippen LogP) is 2.09. The van der Waals surface area contributed by atoms with Gasteiger partial charge in [-0.1, -0.05) is 18.2 Å². The summed E-state index contributed by atoms with van der Waals surface area (Å²) in [7, 11) is -2.15. The van der Waals surface area contributed by atoms with Crippen LogP contribution in [0.15, 0.2) is 47.4 Å². The van der Waals surface area contributed by atoms with Gasteiger partial charge in [-0.05, 0) is 61.9 Å². The average molecular weight is 391 g/mol. The van der Waals surface area contributed by atoms with Crippen LogP contribution in [0.4, 0.5) is 4.79 Å². The maximum absolute atomic E-state index is 11.9. The van der Waals surface area contributed by atoms with Gasteiger partial charge in [-0.25, -0.2) is 17.9 Å². The molecule has 2 rings (SSSR count). The van der Waals surface area contributed by atoms with E-state index < -0.39 is 10.0 Å². The van der Waals surface area contributed by atoms with Crippen LogP contribution in [0.2, 0.25) is 0 Å². The fraction of sp³-hybridized carbons (Fsp3) is 0.316. The number of ether oxygens (including phenoxy) is 1. The normalized spacial score (nSPS) is 11.1. The summed E-state index contributed by atoms with van der Waals surface area (Å²) < 4.78 is 31.5. The van der Waals surface area contributed by atoms with E-state index in [2.05, 4.69) is 21.4 Å². The van der Waals surface area contributed by atoms with Gasteiger partial charge >= 0.3 is 6.03 Å². The standard InChI is InChI=1S/C19H25N3O4S/c1-14-9-15(2)11-17(10-14)26-8-7-21-19(23)22-13-16-5-4-6-18(12-16)27(24,25)20-3/h4-6,9-12,20H,7-8,13H2,1-3H3,(H2,21,22,23). The monoisotopic (exact) mass is 391 g/mol. The number of hydrogen-bond acceptors (Lipinski definition) is 4. The quantitative estimate of drug-likeness (QED) is 0.600. The number of sulfonamides is 1. The lowest BCUT2D eigenvalue weighted by Crippen LogP contribution is -2.37. The van der Waals surface area contributed by atoms with E-state index in [9.17, 15) is 13.2 Å². The number of carbonyl (C=O) groups excluding carboxylic acids is 1. The molecule has 0 unspecified atom stereocenters. The lowest BCUT2D eigenvalue weighted by molar-refractivity contribution is 0.236. The maximum atomic E-state index is 11.9. The van der Waals surface area contributed by atoms with Crippen molar-refractivity contribution in [1.82, 2.24) is 15.4 Å². The van der Waals surface area contributed by atoms with Gasteiger partial charge in [-0.2, -0.15) is 0 Å². The molecule has 2 amide bonds. The molecule has 0 bridgehead atoms. The van der Waals surface area contributed by atoms with Crippen LogP contribution in [-0.2, 0) is 16.6 Å². The summed E-state index contributed by atoms with van der Waals surface area (Å²) >= 11 is 0. The van der Waals surface area contributed by atoms with Crippen LogP contribution in [0.3, 0.4) is 0 Å². The minimum absolute atomic E-state index is 0.159. The fourth-order valence-corrected chi connectivity index (χ4v) is 3.33. The smallest absolute Gasteiger partial charge is 0.315 e. The Labute approximate surface area is 160 Å². The van der Waals surface area contributed by atoms with Crippen molar-refractivity contribution in [2.75, 3.05) is 20.2 Å². The molecular weight excluding hydrogens is 366 g/mol. The SMILES string of the molecule is CNS(=O)(=O)c1cccc(CNC(=O)NCCOc2cc(C)cc(C)c2)c1. The topological polar surface area (TPSA) is 96.5 Å². The van der Waals surface area contributed by atoms with Crippen LogP contribution in [-0.4, -0.2) is 34.6 Å². The lowest BCUT2D eigenvalue weighted by Gasteiger charge is -2.11. The zero-order valence-corrected chi connectivity index (χ0v) is 16.5. The Morgan fingerprint density at radius 3 is 2.41 bits per heavy atom. The Balaban J connectivity index is 1.76. The maximum Gasteiger partial charge on any atom is 0.315 e. The number of urea groups is 1. The van der Waals surface area contributed by atoms with Crippen molar-refractivity contribution in [1.29, 1.82) is 0 Å². The van der Waals surface area contributed by atoms with Crippen LogP contribution < -0.4 is 20.1 Å². The third-order valence-corrected chi connectivity index (χ3v) is 5.19. The van der Waals surface area contributed by atoms with E-state index in [-0.39, 0.29) is 17.5 Å². The summed E-state index contributed by atoms with van der Waals surface area (Å²) in [6, 6.07) is 12.0. The number of rotatable bonds is 8. The van der Waals surface area contributed by atoms with Crippen molar-refractivity contribution >= 4 is 16.1 Å². The molecule has 0 radical (unpaired) electrons. The van der Waals surface area contributed by atoms with Crippen molar-refractivity contribution in [2.24, 2.45) is 0 Å². The van der Waals surface area contributed by atoms with Crippen molar-refractivity contribution in [3.8, 4) is 5.75 Å². The molecule has 0 aliphatic carbocycles. The second-order valence-electron chi connectivity index (χ2n) is 6.14. The lowest BCUT2D eigenvalue weighted by atomic mass is 10.1. The van der Waals surface area contributed by atoms with Crippen LogP contribution in [0, 0.1) is 13.8 Å². The van der Waals surface area contributed by atoms with Crippen molar-refractivity contribution < 1.29 is 17.9 Å². The molecule has 146 valence electrons. The second-order valence-corrected chi connectivity index (χ2v) is 8.02. The third kappa shape index (κ3) is 6.58. The molecule has 0 heterocycles. The molecule has 27 heavy (non-hydrogen) atoms. The molecule has 8 heteroatoms. The number of hydrogen-bond donors (Lipinski definition) is 3. The predicted molar refractivity (Wildman–Crippen MR) is 104 cm³/mol. The van der Waals surface area contributed by atoms with Gasteiger partial charge in [0, 0.05) is 6.54 Å². The molecule has 0 aromatic heterocycles. The first-order valence-electron chi connectivity index (χ1n) is 8.55. The zero-order valence-electron chi connectivity index (χ0n) is 15.7. The number of nitrogens with one attached hydrogen (secondary N) is 3. The molecule has 0 fully saturated rings. The van der Waals surface area contributed by atoms with Crippen molar-refractivity contribution in [3.05, 3.63) is 59.2 Å². The molecular formula is C19H25N3O4S. The minimum atomic E-state index is -3.50. The summed E-state index contributed by atoms with van der Waals surface area (Å²) in [6.45, 7) is 4.93. The Bertz CT molecular complexity index is 877. The zero-order chi connectivity index (χ0) is 19.9. The third-order valence-electron chi connectivity index (χ3n) is 3.78. The molecule has 3 N–H and O–H groups in total. The van der Waals surface area contributed by atoms with E-state index in [4.69, 9.17) is 4.74 Å². The highest BCUT2D eigenvalue weighted by atomic mass is 32.2. The molecule has 2 aromatic rings. The van der Waals surface area contributed by atoms with Crippen molar-refractivity contribution in [3.63, 3.8) is 0 Å². The van der Waals surface area contributed by atoms with E-state index in [1.54, 1.807) is 12.1 Å². The molecule has 0 aliphatic rings. The fourth-order valence-electron chi connectivity index (χ4n) is 2.53. The average Bonchev–Trinajstić information content (AvgIpc) is 2.63. The van der Waals surface area contributed by atoms with Crippen LogP contribution >= 0.6 is 0 Å². The van der Waals surface area contributed by atoms with Gasteiger partial charge in [-0.15, -0.1) is 0 Å². The Kier molecular flexibility index (Phi) is 7.20. The van der Waals surface area contributed by atoms with E-state index in [0.717, 1.165) is 16.9 Å². The molecule has 0 aliphatic heterocycles. The van der Waals surface area contributed by atoms with Crippen molar-refractivity contribution in [2.45, 2.75) is 25.3 Å². The number of amides is 2. The summed E-state index contributed by atoms with van der Waals surface area (Å²) in [5.74, 6) is 0.775. The second kappa shape index (κ2) is 9.38. The Morgan fingerprint density at radius 2 is 1.74 bits per heavy atom. The Hall–Kier alpha value is -2.58. The van der Waals surface area contributed by atoms with E-state index in [0.29, 0.717) is 18.7 Å². The number of benzene rings is 2. The van der Waals surface area contributed by atoms with Gasteiger partial charge < -0.3 is 15.4 Å². The summed E-state index contributed by atoms with van der Waals surface area (Å²) in [5.41, 5.74) is 2.93. The summed E-state index contributed by atoms with van der Waals surface area (Å²) in [6.07, 6.45) is 0. The van der Waals surface area contributed by atoms with Crippen LogP contribution in [0.25, 0.3) is 0 Å². The molecule has 0 saturated carbocycles.